The normalized spacial score (nSPS) is 16.1. The number of amides is 3. The number of benzene rings is 1. The van der Waals surface area contributed by atoms with Gasteiger partial charge in [-0.25, -0.2) is 4.98 Å². The molecule has 2 aliphatic heterocycles. The van der Waals surface area contributed by atoms with Crippen LogP contribution in [0.15, 0.2) is 42.5 Å². The highest BCUT2D eigenvalue weighted by atomic mass is 16.2. The standard InChI is InChI=1S/C21H22N4O3/c1-15(26)23-11-13-24(14-12-23)20(27)17-6-4-7-18(22-17)21(28)25-10-9-16-5-2-3-8-19(16)25/h2-8H,9-14H2,1H3. The zero-order valence-electron chi connectivity index (χ0n) is 15.8. The first-order valence-electron chi connectivity index (χ1n) is 9.46. The second-order valence-corrected chi connectivity index (χ2v) is 7.04. The van der Waals surface area contributed by atoms with Crippen LogP contribution in [-0.4, -0.2) is 65.2 Å². The number of carbonyl (C=O) groups excluding carboxylic acids is 3. The van der Waals surface area contributed by atoms with Gasteiger partial charge in [-0.15, -0.1) is 0 Å². The fourth-order valence-electron chi connectivity index (χ4n) is 3.75. The molecule has 1 saturated heterocycles. The van der Waals surface area contributed by atoms with Gasteiger partial charge in [0.05, 0.1) is 0 Å². The molecule has 0 spiro atoms. The molecule has 0 saturated carbocycles. The lowest BCUT2D eigenvalue weighted by molar-refractivity contribution is -0.130. The molecule has 1 aromatic heterocycles. The highest BCUT2D eigenvalue weighted by molar-refractivity contribution is 6.06. The Morgan fingerprint density at radius 2 is 1.43 bits per heavy atom. The van der Waals surface area contributed by atoms with E-state index in [1.54, 1.807) is 32.9 Å². The van der Waals surface area contributed by atoms with Crippen LogP contribution < -0.4 is 4.90 Å². The minimum absolute atomic E-state index is 0.0173. The minimum Gasteiger partial charge on any atom is -0.339 e. The molecule has 2 aliphatic rings. The Hall–Kier alpha value is -3.22. The lowest BCUT2D eigenvalue weighted by atomic mass is 10.2. The van der Waals surface area contributed by atoms with Gasteiger partial charge < -0.3 is 14.7 Å². The van der Waals surface area contributed by atoms with Crippen LogP contribution in [0.2, 0.25) is 0 Å². The molecule has 3 amide bonds. The topological polar surface area (TPSA) is 73.8 Å². The van der Waals surface area contributed by atoms with Gasteiger partial charge in [-0.3, -0.25) is 14.4 Å². The van der Waals surface area contributed by atoms with Crippen LogP contribution in [0.25, 0.3) is 0 Å². The second-order valence-electron chi connectivity index (χ2n) is 7.04. The molecule has 0 bridgehead atoms. The molecule has 7 nitrogen and oxygen atoms in total. The van der Waals surface area contributed by atoms with Crippen molar-refractivity contribution in [1.29, 1.82) is 0 Å². The average Bonchev–Trinajstić information content (AvgIpc) is 3.17. The predicted octanol–water partition coefficient (Wildman–Crippen LogP) is 1.59. The van der Waals surface area contributed by atoms with Crippen LogP contribution in [0.4, 0.5) is 5.69 Å². The monoisotopic (exact) mass is 378 g/mol. The number of pyridine rings is 1. The largest absolute Gasteiger partial charge is 0.339 e. The van der Waals surface area contributed by atoms with Crippen molar-refractivity contribution in [1.82, 2.24) is 14.8 Å². The molecule has 7 heteroatoms. The molecule has 4 rings (SSSR count). The third-order valence-corrected chi connectivity index (χ3v) is 5.33. The number of aromatic nitrogens is 1. The number of rotatable bonds is 2. The third-order valence-electron chi connectivity index (χ3n) is 5.33. The van der Waals surface area contributed by atoms with E-state index in [1.807, 2.05) is 24.3 Å². The molecular weight excluding hydrogens is 356 g/mol. The fraction of sp³-hybridized carbons (Fsp3) is 0.333. The quantitative estimate of drug-likeness (QED) is 0.795. The van der Waals surface area contributed by atoms with Crippen molar-refractivity contribution in [2.75, 3.05) is 37.6 Å². The van der Waals surface area contributed by atoms with Crippen molar-refractivity contribution < 1.29 is 14.4 Å². The third kappa shape index (κ3) is 3.35. The van der Waals surface area contributed by atoms with E-state index in [0.29, 0.717) is 32.7 Å². The zero-order chi connectivity index (χ0) is 19.7. The molecule has 2 aromatic rings. The van der Waals surface area contributed by atoms with Gasteiger partial charge >= 0.3 is 0 Å². The van der Waals surface area contributed by atoms with Gasteiger partial charge in [-0.05, 0) is 30.2 Å². The Kier molecular flexibility index (Phi) is 4.81. The van der Waals surface area contributed by atoms with Crippen LogP contribution in [0.1, 0.15) is 33.5 Å². The Morgan fingerprint density at radius 3 is 2.14 bits per heavy atom. The molecule has 144 valence electrons. The average molecular weight is 378 g/mol. The molecule has 3 heterocycles. The van der Waals surface area contributed by atoms with Crippen LogP contribution in [0.5, 0.6) is 0 Å². The van der Waals surface area contributed by atoms with Crippen LogP contribution in [0, 0.1) is 0 Å². The Balaban J connectivity index is 1.50. The smallest absolute Gasteiger partial charge is 0.276 e. The first kappa shape index (κ1) is 18.2. The van der Waals surface area contributed by atoms with Gasteiger partial charge in [0.25, 0.3) is 11.8 Å². The van der Waals surface area contributed by atoms with Gasteiger partial charge in [0.15, 0.2) is 0 Å². The molecule has 0 N–H and O–H groups in total. The van der Waals surface area contributed by atoms with Gasteiger partial charge in [-0.2, -0.15) is 0 Å². The summed E-state index contributed by atoms with van der Waals surface area (Å²) in [6.07, 6.45) is 0.820. The van der Waals surface area contributed by atoms with Crippen molar-refractivity contribution in [3.63, 3.8) is 0 Å². The molecule has 1 aromatic carbocycles. The maximum Gasteiger partial charge on any atom is 0.276 e. The van der Waals surface area contributed by atoms with Crippen molar-refractivity contribution in [3.05, 3.63) is 59.4 Å². The van der Waals surface area contributed by atoms with E-state index < -0.39 is 0 Å². The Bertz CT molecular complexity index is 935. The highest BCUT2D eigenvalue weighted by Crippen LogP contribution is 2.28. The number of anilines is 1. The summed E-state index contributed by atoms with van der Waals surface area (Å²) >= 11 is 0. The van der Waals surface area contributed by atoms with E-state index in [4.69, 9.17) is 0 Å². The summed E-state index contributed by atoms with van der Waals surface area (Å²) in [5, 5.41) is 0. The van der Waals surface area contributed by atoms with E-state index in [1.165, 1.54) is 6.92 Å². The Labute approximate surface area is 163 Å². The SMILES string of the molecule is CC(=O)N1CCN(C(=O)c2cccc(C(=O)N3CCc4ccccc43)n2)CC1. The van der Waals surface area contributed by atoms with Crippen molar-refractivity contribution in [2.45, 2.75) is 13.3 Å². The molecule has 1 fully saturated rings. The number of para-hydroxylation sites is 1. The molecule has 0 unspecified atom stereocenters. The second kappa shape index (κ2) is 7.42. The number of fused-ring (bicyclic) bond motifs is 1. The van der Waals surface area contributed by atoms with Crippen molar-refractivity contribution >= 4 is 23.4 Å². The summed E-state index contributed by atoms with van der Waals surface area (Å²) in [5.41, 5.74) is 2.58. The lowest BCUT2D eigenvalue weighted by Gasteiger charge is -2.34. The zero-order valence-corrected chi connectivity index (χ0v) is 15.8. The van der Waals surface area contributed by atoms with Gasteiger partial charge in [-0.1, -0.05) is 24.3 Å². The Morgan fingerprint density at radius 1 is 0.786 bits per heavy atom. The van der Waals surface area contributed by atoms with Crippen LogP contribution in [-0.2, 0) is 11.2 Å². The number of carbonyl (C=O) groups is 3. The van der Waals surface area contributed by atoms with Gasteiger partial charge in [0, 0.05) is 45.3 Å². The van der Waals surface area contributed by atoms with E-state index in [9.17, 15) is 14.4 Å². The highest BCUT2D eigenvalue weighted by Gasteiger charge is 2.28. The summed E-state index contributed by atoms with van der Waals surface area (Å²) in [4.78, 5) is 46.7. The molecule has 0 aliphatic carbocycles. The van der Waals surface area contributed by atoms with E-state index in [0.717, 1.165) is 17.7 Å². The maximum absolute atomic E-state index is 13.0. The summed E-state index contributed by atoms with van der Waals surface area (Å²) in [5.74, 6) is -0.385. The number of nitrogens with zero attached hydrogens (tertiary/aromatic N) is 4. The van der Waals surface area contributed by atoms with Crippen LogP contribution >= 0.6 is 0 Å². The fourth-order valence-corrected chi connectivity index (χ4v) is 3.75. The van der Waals surface area contributed by atoms with E-state index in [-0.39, 0.29) is 29.1 Å². The minimum atomic E-state index is -0.209. The molecule has 28 heavy (non-hydrogen) atoms. The lowest BCUT2D eigenvalue weighted by Crippen LogP contribution is -2.50. The van der Waals surface area contributed by atoms with Gasteiger partial charge in [0.1, 0.15) is 11.4 Å². The maximum atomic E-state index is 13.0. The first-order valence-corrected chi connectivity index (χ1v) is 9.46. The summed E-state index contributed by atoms with van der Waals surface area (Å²) in [6.45, 7) is 4.12. The first-order chi connectivity index (χ1) is 13.5. The summed E-state index contributed by atoms with van der Waals surface area (Å²) < 4.78 is 0. The molecule has 0 radical (unpaired) electrons. The molecule has 0 atom stereocenters. The van der Waals surface area contributed by atoms with Crippen molar-refractivity contribution in [2.24, 2.45) is 0 Å². The van der Waals surface area contributed by atoms with Gasteiger partial charge in [0.2, 0.25) is 5.91 Å². The predicted molar refractivity (Wildman–Crippen MR) is 104 cm³/mol. The summed E-state index contributed by atoms with van der Waals surface area (Å²) in [7, 11) is 0. The number of hydrogen-bond donors (Lipinski definition) is 0. The van der Waals surface area contributed by atoms with Crippen LogP contribution in [0.3, 0.4) is 0 Å². The van der Waals surface area contributed by atoms with Crippen molar-refractivity contribution in [3.8, 4) is 0 Å². The number of hydrogen-bond acceptors (Lipinski definition) is 4. The molecular formula is C21H22N4O3. The van der Waals surface area contributed by atoms with E-state index in [2.05, 4.69) is 4.98 Å². The summed E-state index contributed by atoms with van der Waals surface area (Å²) in [6, 6.07) is 12.8. The number of piperazine rings is 1. The van der Waals surface area contributed by atoms with E-state index >= 15 is 0 Å².